The van der Waals surface area contributed by atoms with Gasteiger partial charge in [0.15, 0.2) is 0 Å². The Bertz CT molecular complexity index is 768. The second-order valence-electron chi connectivity index (χ2n) is 6.58. The molecule has 0 atom stereocenters. The Morgan fingerprint density at radius 3 is 2.33 bits per heavy atom. The number of nitrogens with one attached hydrogen (secondary N) is 2. The molecule has 0 unspecified atom stereocenters. The summed E-state index contributed by atoms with van der Waals surface area (Å²) in [5, 5.41) is 5.68. The number of piperidine rings is 1. The van der Waals surface area contributed by atoms with Gasteiger partial charge in [0, 0.05) is 19.6 Å². The van der Waals surface area contributed by atoms with E-state index in [1.54, 1.807) is 12.1 Å². The number of nitrogens with zero attached hydrogens (tertiary/aromatic N) is 1. The summed E-state index contributed by atoms with van der Waals surface area (Å²) in [7, 11) is -2.15. The normalized spacial score (nSPS) is 20.7. The minimum atomic E-state index is -3.63. The number of ether oxygens (including phenoxy) is 1. The van der Waals surface area contributed by atoms with Crippen molar-refractivity contribution in [3.05, 3.63) is 23.3 Å². The van der Waals surface area contributed by atoms with E-state index in [-0.39, 0.29) is 16.5 Å². The molecule has 1 aromatic carbocycles. The van der Waals surface area contributed by atoms with E-state index in [2.05, 4.69) is 10.6 Å². The number of rotatable bonds is 3. The molecule has 0 radical (unpaired) electrons. The summed E-state index contributed by atoms with van der Waals surface area (Å²) >= 11 is 0. The van der Waals surface area contributed by atoms with Crippen LogP contribution in [0.4, 0.5) is 4.79 Å². The highest BCUT2D eigenvalue weighted by molar-refractivity contribution is 7.89. The van der Waals surface area contributed by atoms with Crippen LogP contribution in [0.5, 0.6) is 5.75 Å². The number of aryl methyl sites for hydroxylation is 2. The molecule has 2 fully saturated rings. The molecule has 3 rings (SSSR count). The SMILES string of the molecule is COc1cc(C)c(C)cc1S(=O)(=O)N1CCC2(CC1)CNC(=O)N2. The predicted molar refractivity (Wildman–Crippen MR) is 89.7 cm³/mol. The number of hydrogen-bond donors (Lipinski definition) is 2. The molecular weight excluding hydrogens is 330 g/mol. The zero-order chi connectivity index (χ0) is 17.5. The summed E-state index contributed by atoms with van der Waals surface area (Å²) in [6.07, 6.45) is 1.19. The van der Waals surface area contributed by atoms with Crippen molar-refractivity contribution in [1.29, 1.82) is 0 Å². The number of benzene rings is 1. The number of hydrogen-bond acceptors (Lipinski definition) is 4. The summed E-state index contributed by atoms with van der Waals surface area (Å²) in [4.78, 5) is 11.6. The average Bonchev–Trinajstić information content (AvgIpc) is 2.90. The van der Waals surface area contributed by atoms with Crippen LogP contribution in [0, 0.1) is 13.8 Å². The standard InChI is InChI=1S/C16H23N3O4S/c1-11-8-13(23-3)14(9-12(11)2)24(21,22)19-6-4-16(5-7-19)10-17-15(20)18-16/h8-9H,4-7,10H2,1-3H3,(H2,17,18,20). The van der Waals surface area contributed by atoms with Crippen molar-refractivity contribution in [2.24, 2.45) is 0 Å². The van der Waals surface area contributed by atoms with Gasteiger partial charge in [-0.3, -0.25) is 0 Å². The van der Waals surface area contributed by atoms with Gasteiger partial charge >= 0.3 is 6.03 Å². The van der Waals surface area contributed by atoms with Crippen LogP contribution in [0.25, 0.3) is 0 Å². The van der Waals surface area contributed by atoms with E-state index < -0.39 is 10.0 Å². The van der Waals surface area contributed by atoms with E-state index in [1.165, 1.54) is 11.4 Å². The van der Waals surface area contributed by atoms with Gasteiger partial charge in [0.25, 0.3) is 0 Å². The van der Waals surface area contributed by atoms with Gasteiger partial charge in [-0.2, -0.15) is 4.31 Å². The largest absolute Gasteiger partial charge is 0.495 e. The molecule has 2 aliphatic heterocycles. The summed E-state index contributed by atoms with van der Waals surface area (Å²) in [5.74, 6) is 0.370. The molecule has 0 saturated carbocycles. The average molecular weight is 353 g/mol. The van der Waals surface area contributed by atoms with E-state index in [4.69, 9.17) is 4.74 Å². The first-order valence-electron chi connectivity index (χ1n) is 7.99. The van der Waals surface area contributed by atoms with Gasteiger partial charge in [-0.15, -0.1) is 0 Å². The zero-order valence-electron chi connectivity index (χ0n) is 14.2. The summed E-state index contributed by atoms with van der Waals surface area (Å²) in [5.41, 5.74) is 1.58. The first kappa shape index (κ1) is 17.0. The fourth-order valence-corrected chi connectivity index (χ4v) is 4.96. The van der Waals surface area contributed by atoms with Crippen LogP contribution in [0.15, 0.2) is 17.0 Å². The van der Waals surface area contributed by atoms with Crippen LogP contribution in [0.1, 0.15) is 24.0 Å². The van der Waals surface area contributed by atoms with Crippen molar-refractivity contribution in [2.75, 3.05) is 26.7 Å². The molecule has 1 spiro atoms. The third kappa shape index (κ3) is 2.84. The van der Waals surface area contributed by atoms with Gasteiger partial charge < -0.3 is 15.4 Å². The van der Waals surface area contributed by atoms with Gasteiger partial charge in [0.1, 0.15) is 10.6 Å². The number of urea groups is 1. The monoisotopic (exact) mass is 353 g/mol. The maximum absolute atomic E-state index is 13.0. The highest BCUT2D eigenvalue weighted by Crippen LogP contribution is 2.33. The highest BCUT2D eigenvalue weighted by atomic mass is 32.2. The summed E-state index contributed by atoms with van der Waals surface area (Å²) in [6, 6.07) is 3.25. The molecule has 8 heteroatoms. The molecule has 0 aliphatic carbocycles. The molecule has 0 bridgehead atoms. The zero-order valence-corrected chi connectivity index (χ0v) is 15.0. The maximum atomic E-state index is 13.0. The molecule has 24 heavy (non-hydrogen) atoms. The summed E-state index contributed by atoms with van der Waals surface area (Å²) in [6.45, 7) is 5.11. The molecule has 0 aromatic heterocycles. The van der Waals surface area contributed by atoms with Gasteiger partial charge in [0.05, 0.1) is 12.6 Å². The molecule has 132 valence electrons. The number of methoxy groups -OCH3 is 1. The van der Waals surface area contributed by atoms with Crippen molar-refractivity contribution >= 4 is 16.1 Å². The van der Waals surface area contributed by atoms with Gasteiger partial charge in [-0.05, 0) is 49.9 Å². The molecule has 2 N–H and O–H groups in total. The molecule has 7 nitrogen and oxygen atoms in total. The molecule has 2 saturated heterocycles. The molecule has 2 heterocycles. The van der Waals surface area contributed by atoms with Crippen LogP contribution in [0.2, 0.25) is 0 Å². The first-order chi connectivity index (χ1) is 11.3. The number of carbonyl (C=O) groups is 1. The Kier molecular flexibility index (Phi) is 4.21. The van der Waals surface area contributed by atoms with Crippen LogP contribution in [0.3, 0.4) is 0 Å². The van der Waals surface area contributed by atoms with Gasteiger partial charge in [-0.25, -0.2) is 13.2 Å². The molecular formula is C16H23N3O4S. The van der Waals surface area contributed by atoms with Crippen molar-refractivity contribution in [3.8, 4) is 5.75 Å². The van der Waals surface area contributed by atoms with E-state index >= 15 is 0 Å². The maximum Gasteiger partial charge on any atom is 0.315 e. The number of sulfonamides is 1. The Morgan fingerprint density at radius 2 is 1.79 bits per heavy atom. The predicted octanol–water partition coefficient (Wildman–Crippen LogP) is 1.15. The fraction of sp³-hybridized carbons (Fsp3) is 0.562. The van der Waals surface area contributed by atoms with Crippen LogP contribution in [-0.4, -0.2) is 51.0 Å². The van der Waals surface area contributed by atoms with Crippen molar-refractivity contribution < 1.29 is 17.9 Å². The van der Waals surface area contributed by atoms with Crippen molar-refractivity contribution in [3.63, 3.8) is 0 Å². The fourth-order valence-electron chi connectivity index (χ4n) is 3.30. The minimum Gasteiger partial charge on any atom is -0.495 e. The van der Waals surface area contributed by atoms with E-state index in [0.717, 1.165) is 11.1 Å². The van der Waals surface area contributed by atoms with Crippen molar-refractivity contribution in [1.82, 2.24) is 14.9 Å². The van der Waals surface area contributed by atoms with Gasteiger partial charge in [0.2, 0.25) is 10.0 Å². The van der Waals surface area contributed by atoms with Crippen molar-refractivity contribution in [2.45, 2.75) is 37.1 Å². The molecule has 1 aromatic rings. The van der Waals surface area contributed by atoms with E-state index in [0.29, 0.717) is 38.2 Å². The second kappa shape index (κ2) is 5.93. The Morgan fingerprint density at radius 1 is 1.17 bits per heavy atom. The lowest BCUT2D eigenvalue weighted by molar-refractivity contribution is 0.216. The third-order valence-electron chi connectivity index (χ3n) is 5.04. The molecule has 2 aliphatic rings. The van der Waals surface area contributed by atoms with E-state index in [9.17, 15) is 13.2 Å². The van der Waals surface area contributed by atoms with E-state index in [1.807, 2.05) is 13.8 Å². The molecule has 2 amide bonds. The van der Waals surface area contributed by atoms with Crippen LogP contribution >= 0.6 is 0 Å². The highest BCUT2D eigenvalue weighted by Gasteiger charge is 2.43. The Hall–Kier alpha value is -1.80. The minimum absolute atomic E-state index is 0.179. The Labute approximate surface area is 142 Å². The second-order valence-corrected chi connectivity index (χ2v) is 8.49. The smallest absolute Gasteiger partial charge is 0.315 e. The summed E-state index contributed by atoms with van der Waals surface area (Å²) < 4.78 is 32.9. The van der Waals surface area contributed by atoms with Gasteiger partial charge in [-0.1, -0.05) is 0 Å². The quantitative estimate of drug-likeness (QED) is 0.853. The lowest BCUT2D eigenvalue weighted by Gasteiger charge is -2.37. The van der Waals surface area contributed by atoms with Crippen LogP contribution < -0.4 is 15.4 Å². The van der Waals surface area contributed by atoms with Crippen LogP contribution in [-0.2, 0) is 10.0 Å². The third-order valence-corrected chi connectivity index (χ3v) is 6.96. The topological polar surface area (TPSA) is 87.7 Å². The lowest BCUT2D eigenvalue weighted by Crippen LogP contribution is -2.53. The first-order valence-corrected chi connectivity index (χ1v) is 9.43. The lowest BCUT2D eigenvalue weighted by atomic mass is 9.90. The number of carbonyl (C=O) groups excluding carboxylic acids is 1. The number of amides is 2. The Balaban J connectivity index is 1.85.